The van der Waals surface area contributed by atoms with Crippen LogP contribution in [0, 0.1) is 11.8 Å². The highest BCUT2D eigenvalue weighted by molar-refractivity contribution is 8.18. The Kier molecular flexibility index (Phi) is 5.85. The number of rotatable bonds is 5. The van der Waals surface area contributed by atoms with E-state index in [1.54, 1.807) is 18.3 Å². The number of carbonyl (C=O) groups excluding carboxylic acids is 2. The average molecular weight is 388 g/mol. The molecule has 3 aliphatic heterocycles. The van der Waals surface area contributed by atoms with Crippen molar-refractivity contribution in [1.82, 2.24) is 25.5 Å². The first-order valence-electron chi connectivity index (χ1n) is 9.65. The van der Waals surface area contributed by atoms with Gasteiger partial charge in [0.15, 0.2) is 0 Å². The van der Waals surface area contributed by atoms with Crippen LogP contribution in [0.5, 0.6) is 0 Å². The molecule has 3 saturated heterocycles. The molecule has 0 aromatic carbocycles. The van der Waals surface area contributed by atoms with Crippen LogP contribution in [0.15, 0.2) is 17.2 Å². The third-order valence-electron chi connectivity index (χ3n) is 5.40. The van der Waals surface area contributed by atoms with Gasteiger partial charge in [0.05, 0.1) is 10.6 Å². The molecule has 2 atom stereocenters. The van der Waals surface area contributed by atoms with Gasteiger partial charge in [-0.25, -0.2) is 9.97 Å². The van der Waals surface area contributed by atoms with Crippen LogP contribution in [-0.2, 0) is 11.2 Å². The Bertz CT molecular complexity index is 747. The molecule has 144 valence electrons. The molecule has 2 N–H and O–H groups in total. The Hall–Kier alpha value is -1.77. The third kappa shape index (κ3) is 4.94. The van der Waals surface area contributed by atoms with Crippen molar-refractivity contribution in [1.29, 1.82) is 0 Å². The Labute approximate surface area is 163 Å². The summed E-state index contributed by atoms with van der Waals surface area (Å²) in [6.07, 6.45) is 7.98. The van der Waals surface area contributed by atoms with Crippen molar-refractivity contribution in [3.63, 3.8) is 0 Å². The quantitative estimate of drug-likeness (QED) is 0.743. The number of amides is 2. The number of nitrogens with one attached hydrogen (secondary N) is 2. The van der Waals surface area contributed by atoms with Gasteiger partial charge in [-0.05, 0) is 74.6 Å². The number of aromatic nitrogens is 2. The highest BCUT2D eigenvalue weighted by Crippen LogP contribution is 2.25. The summed E-state index contributed by atoms with van der Waals surface area (Å²) < 4.78 is 0. The van der Waals surface area contributed by atoms with Crippen LogP contribution < -0.4 is 10.6 Å². The maximum Gasteiger partial charge on any atom is 0.290 e. The van der Waals surface area contributed by atoms with E-state index in [1.807, 2.05) is 0 Å². The zero-order chi connectivity index (χ0) is 18.6. The van der Waals surface area contributed by atoms with Crippen molar-refractivity contribution in [3.05, 3.63) is 28.7 Å². The minimum absolute atomic E-state index is 0.333. The van der Waals surface area contributed by atoms with Crippen LogP contribution in [0.1, 0.15) is 30.8 Å². The zero-order valence-electron chi connectivity index (χ0n) is 15.3. The molecule has 3 aliphatic rings. The number of likely N-dealkylation sites (tertiary alicyclic amines) is 1. The number of thioether (sulfide) groups is 1. The first-order valence-corrected chi connectivity index (χ1v) is 10.5. The normalized spacial score (nSPS) is 28.1. The minimum Gasteiger partial charge on any atom is -0.316 e. The lowest BCUT2D eigenvalue weighted by Crippen LogP contribution is -2.39. The predicted octanol–water partition coefficient (Wildman–Crippen LogP) is 1.66. The molecule has 0 bridgehead atoms. The van der Waals surface area contributed by atoms with E-state index in [4.69, 9.17) is 0 Å². The first-order chi connectivity index (χ1) is 13.2. The molecule has 1 aromatic rings. The van der Waals surface area contributed by atoms with Gasteiger partial charge in [-0.2, -0.15) is 0 Å². The summed E-state index contributed by atoms with van der Waals surface area (Å²) in [5.41, 5.74) is 0.678. The summed E-state index contributed by atoms with van der Waals surface area (Å²) >= 11 is 0.915. The molecule has 4 rings (SSSR count). The Morgan fingerprint density at radius 1 is 1.30 bits per heavy atom. The fourth-order valence-electron chi connectivity index (χ4n) is 4.13. The van der Waals surface area contributed by atoms with E-state index >= 15 is 0 Å². The number of carbonyl (C=O) groups is 2. The van der Waals surface area contributed by atoms with E-state index in [-0.39, 0.29) is 11.1 Å². The third-order valence-corrected chi connectivity index (χ3v) is 6.21. The van der Waals surface area contributed by atoms with Gasteiger partial charge in [0.2, 0.25) is 0 Å². The van der Waals surface area contributed by atoms with E-state index in [0.717, 1.165) is 49.6 Å². The molecule has 1 unspecified atom stereocenters. The zero-order valence-corrected chi connectivity index (χ0v) is 16.1. The molecule has 0 saturated carbocycles. The molecular formula is C19H25N5O2S. The number of piperidine rings is 1. The highest BCUT2D eigenvalue weighted by atomic mass is 32.2. The lowest BCUT2D eigenvalue weighted by Gasteiger charge is -2.34. The molecule has 0 spiro atoms. The van der Waals surface area contributed by atoms with E-state index in [0.29, 0.717) is 16.5 Å². The molecule has 0 aliphatic carbocycles. The maximum absolute atomic E-state index is 11.7. The van der Waals surface area contributed by atoms with Gasteiger partial charge in [-0.1, -0.05) is 0 Å². The van der Waals surface area contributed by atoms with Crippen molar-refractivity contribution in [3.8, 4) is 0 Å². The molecule has 7 nitrogen and oxygen atoms in total. The Morgan fingerprint density at radius 3 is 3.00 bits per heavy atom. The second-order valence-corrected chi connectivity index (χ2v) is 8.60. The van der Waals surface area contributed by atoms with E-state index in [9.17, 15) is 9.59 Å². The monoisotopic (exact) mass is 387 g/mol. The predicted molar refractivity (Wildman–Crippen MR) is 105 cm³/mol. The molecule has 4 heterocycles. The van der Waals surface area contributed by atoms with E-state index < -0.39 is 0 Å². The fourth-order valence-corrected chi connectivity index (χ4v) is 4.79. The first kappa shape index (κ1) is 18.6. The smallest absolute Gasteiger partial charge is 0.290 e. The van der Waals surface area contributed by atoms with Crippen molar-refractivity contribution in [2.24, 2.45) is 11.8 Å². The molecule has 1 aromatic heterocycles. The SMILES string of the molecule is O=C1NC(=O)/C(=C/c2ccnc(C[C@H]3CCCN(CC4CCNC4)C3)n2)S1. The van der Waals surface area contributed by atoms with Crippen molar-refractivity contribution >= 4 is 29.0 Å². The number of nitrogens with zero attached hydrogens (tertiary/aromatic N) is 3. The molecule has 0 radical (unpaired) electrons. The standard InChI is InChI=1S/C19H25N5O2S/c25-18-16(27-19(26)23-18)9-15-4-6-21-17(22-15)8-13-2-1-7-24(11-13)12-14-3-5-20-10-14/h4,6,9,13-14,20H,1-3,5,7-8,10-12H2,(H,23,25,26)/b16-9-/t13-,14?/m1/s1. The number of hydrogen-bond acceptors (Lipinski definition) is 7. The van der Waals surface area contributed by atoms with Crippen LogP contribution in [0.4, 0.5) is 4.79 Å². The van der Waals surface area contributed by atoms with Crippen LogP contribution in [0.2, 0.25) is 0 Å². The maximum atomic E-state index is 11.7. The summed E-state index contributed by atoms with van der Waals surface area (Å²) in [6.45, 7) is 5.80. The highest BCUT2D eigenvalue weighted by Gasteiger charge is 2.26. The van der Waals surface area contributed by atoms with Crippen LogP contribution in [0.3, 0.4) is 0 Å². The summed E-state index contributed by atoms with van der Waals surface area (Å²) in [6, 6.07) is 1.77. The van der Waals surface area contributed by atoms with Crippen molar-refractivity contribution in [2.75, 3.05) is 32.7 Å². The van der Waals surface area contributed by atoms with Gasteiger partial charge in [0.1, 0.15) is 5.82 Å². The second kappa shape index (κ2) is 8.50. The van der Waals surface area contributed by atoms with Gasteiger partial charge in [0.25, 0.3) is 11.1 Å². The largest absolute Gasteiger partial charge is 0.316 e. The van der Waals surface area contributed by atoms with Crippen LogP contribution in [-0.4, -0.2) is 58.7 Å². The Morgan fingerprint density at radius 2 is 2.22 bits per heavy atom. The van der Waals surface area contributed by atoms with E-state index in [2.05, 4.69) is 25.5 Å². The van der Waals surface area contributed by atoms with Gasteiger partial charge in [0, 0.05) is 25.7 Å². The summed E-state index contributed by atoms with van der Waals surface area (Å²) in [5.74, 6) is 1.82. The molecule has 27 heavy (non-hydrogen) atoms. The molecular weight excluding hydrogens is 362 g/mol. The summed E-state index contributed by atoms with van der Waals surface area (Å²) in [4.78, 5) is 35.0. The summed E-state index contributed by atoms with van der Waals surface area (Å²) in [7, 11) is 0. The Balaban J connectivity index is 1.37. The van der Waals surface area contributed by atoms with Gasteiger partial charge in [-0.15, -0.1) is 0 Å². The van der Waals surface area contributed by atoms with Crippen molar-refractivity contribution < 1.29 is 9.59 Å². The summed E-state index contributed by atoms with van der Waals surface area (Å²) in [5, 5.41) is 5.38. The van der Waals surface area contributed by atoms with Crippen molar-refractivity contribution in [2.45, 2.75) is 25.7 Å². The average Bonchev–Trinajstić information content (AvgIpc) is 3.25. The topological polar surface area (TPSA) is 87.2 Å². The second-order valence-electron chi connectivity index (χ2n) is 7.58. The van der Waals surface area contributed by atoms with Crippen LogP contribution in [0.25, 0.3) is 6.08 Å². The lowest BCUT2D eigenvalue weighted by atomic mass is 9.93. The van der Waals surface area contributed by atoms with Crippen LogP contribution >= 0.6 is 11.8 Å². The lowest BCUT2D eigenvalue weighted by molar-refractivity contribution is -0.115. The molecule has 3 fully saturated rings. The van der Waals surface area contributed by atoms with Gasteiger partial charge >= 0.3 is 0 Å². The fraction of sp³-hybridized carbons (Fsp3) is 0.579. The molecule has 8 heteroatoms. The van der Waals surface area contributed by atoms with E-state index in [1.165, 1.54) is 32.4 Å². The van der Waals surface area contributed by atoms with Gasteiger partial charge in [-0.3, -0.25) is 14.9 Å². The molecule has 2 amide bonds. The number of hydrogen-bond donors (Lipinski definition) is 2. The number of imide groups is 1. The van der Waals surface area contributed by atoms with Gasteiger partial charge < -0.3 is 10.2 Å². The minimum atomic E-state index is -0.352.